The monoisotopic (exact) mass is 361 g/mol. The summed E-state index contributed by atoms with van der Waals surface area (Å²) in [4.78, 5) is 27.5. The minimum atomic E-state index is -0.640. The number of para-hydroxylation sites is 1. The van der Waals surface area contributed by atoms with Crippen LogP contribution < -0.4 is 4.74 Å². The van der Waals surface area contributed by atoms with Gasteiger partial charge in [-0.1, -0.05) is 31.5 Å². The van der Waals surface area contributed by atoms with E-state index in [1.165, 1.54) is 7.11 Å². The fourth-order valence-electron chi connectivity index (χ4n) is 4.27. The summed E-state index contributed by atoms with van der Waals surface area (Å²) in [6.07, 6.45) is 1.94. The summed E-state index contributed by atoms with van der Waals surface area (Å²) in [5.41, 5.74) is 1.03. The van der Waals surface area contributed by atoms with E-state index in [1.807, 2.05) is 24.3 Å². The maximum absolute atomic E-state index is 12.8. The number of fused-ring (bicyclic) bond motifs is 3. The molecule has 0 spiro atoms. The van der Waals surface area contributed by atoms with E-state index in [0.29, 0.717) is 6.61 Å². The second-order valence-electron chi connectivity index (χ2n) is 6.79. The first-order valence-electron chi connectivity index (χ1n) is 9.35. The lowest BCUT2D eigenvalue weighted by Crippen LogP contribution is -2.44. The summed E-state index contributed by atoms with van der Waals surface area (Å²) < 4.78 is 16.3. The second-order valence-corrected chi connectivity index (χ2v) is 6.79. The van der Waals surface area contributed by atoms with Crippen LogP contribution in [0.15, 0.2) is 24.3 Å². The van der Waals surface area contributed by atoms with Crippen LogP contribution in [0.25, 0.3) is 0 Å². The van der Waals surface area contributed by atoms with E-state index in [-0.39, 0.29) is 30.5 Å². The Morgan fingerprint density at radius 2 is 2.00 bits per heavy atom. The third-order valence-electron chi connectivity index (χ3n) is 5.36. The van der Waals surface area contributed by atoms with E-state index >= 15 is 0 Å². The number of rotatable bonds is 6. The van der Waals surface area contributed by atoms with Crippen LogP contribution in [0.1, 0.15) is 38.3 Å². The number of esters is 2. The van der Waals surface area contributed by atoms with Gasteiger partial charge in [0, 0.05) is 17.5 Å². The van der Waals surface area contributed by atoms with Gasteiger partial charge in [-0.15, -0.1) is 0 Å². The van der Waals surface area contributed by atoms with Gasteiger partial charge in [0.05, 0.1) is 26.2 Å². The van der Waals surface area contributed by atoms with Crippen LogP contribution in [-0.4, -0.2) is 49.7 Å². The summed E-state index contributed by atoms with van der Waals surface area (Å²) >= 11 is 0. The van der Waals surface area contributed by atoms with Crippen molar-refractivity contribution < 1.29 is 23.8 Å². The SMILES string of the molecule is CCCCN1[C@H](C(=O)OCC)[C@H](C(=O)OC)[C@H]2COc3ccccc3[C@H]21. The molecular formula is C20H27NO5. The molecule has 0 aliphatic carbocycles. The molecule has 0 saturated carbocycles. The van der Waals surface area contributed by atoms with Crippen molar-refractivity contribution in [1.82, 2.24) is 4.90 Å². The van der Waals surface area contributed by atoms with Crippen LogP contribution in [-0.2, 0) is 19.1 Å². The van der Waals surface area contributed by atoms with E-state index in [0.717, 1.165) is 30.7 Å². The van der Waals surface area contributed by atoms with E-state index in [1.54, 1.807) is 6.92 Å². The molecule has 26 heavy (non-hydrogen) atoms. The van der Waals surface area contributed by atoms with Gasteiger partial charge in [0.2, 0.25) is 0 Å². The Bertz CT molecular complexity index is 661. The molecule has 142 valence electrons. The lowest BCUT2D eigenvalue weighted by Gasteiger charge is -2.34. The van der Waals surface area contributed by atoms with Crippen molar-refractivity contribution in [2.75, 3.05) is 26.9 Å². The van der Waals surface area contributed by atoms with E-state index < -0.39 is 12.0 Å². The zero-order chi connectivity index (χ0) is 18.7. The zero-order valence-corrected chi connectivity index (χ0v) is 15.6. The fraction of sp³-hybridized carbons (Fsp3) is 0.600. The Labute approximate surface area is 154 Å². The van der Waals surface area contributed by atoms with E-state index in [2.05, 4.69) is 11.8 Å². The molecule has 0 aromatic heterocycles. The van der Waals surface area contributed by atoms with Crippen LogP contribution in [0, 0.1) is 11.8 Å². The smallest absolute Gasteiger partial charge is 0.324 e. The topological polar surface area (TPSA) is 65.1 Å². The van der Waals surface area contributed by atoms with Crippen molar-refractivity contribution in [2.24, 2.45) is 11.8 Å². The number of methoxy groups -OCH3 is 1. The van der Waals surface area contributed by atoms with Gasteiger partial charge in [0.1, 0.15) is 11.8 Å². The van der Waals surface area contributed by atoms with Crippen LogP contribution in [0.4, 0.5) is 0 Å². The molecule has 6 heteroatoms. The standard InChI is InChI=1S/C20H27NO5/c1-4-6-11-21-17-13-9-7-8-10-15(13)26-12-14(17)16(19(22)24-3)18(21)20(23)25-5-2/h7-10,14,16-18H,4-6,11-12H2,1-3H3/t14-,16-,17-,18+/m1/s1. The minimum absolute atomic E-state index is 0.0509. The maximum atomic E-state index is 12.8. The maximum Gasteiger partial charge on any atom is 0.324 e. The predicted molar refractivity (Wildman–Crippen MR) is 95.7 cm³/mol. The Morgan fingerprint density at radius 3 is 2.69 bits per heavy atom. The average molecular weight is 361 g/mol. The number of hydrogen-bond donors (Lipinski definition) is 0. The molecule has 0 unspecified atom stereocenters. The Balaban J connectivity index is 2.06. The van der Waals surface area contributed by atoms with Gasteiger partial charge in [-0.3, -0.25) is 14.5 Å². The number of nitrogens with zero attached hydrogens (tertiary/aromatic N) is 1. The molecular weight excluding hydrogens is 334 g/mol. The van der Waals surface area contributed by atoms with Gasteiger partial charge < -0.3 is 14.2 Å². The molecule has 1 fully saturated rings. The van der Waals surface area contributed by atoms with Crippen LogP contribution in [0.5, 0.6) is 5.75 Å². The average Bonchev–Trinajstić information content (AvgIpc) is 3.00. The number of hydrogen-bond acceptors (Lipinski definition) is 6. The van der Waals surface area contributed by atoms with Gasteiger partial charge in [-0.25, -0.2) is 0 Å². The summed E-state index contributed by atoms with van der Waals surface area (Å²) in [5, 5.41) is 0. The lowest BCUT2D eigenvalue weighted by atomic mass is 9.83. The minimum Gasteiger partial charge on any atom is -0.493 e. The number of ether oxygens (including phenoxy) is 3. The zero-order valence-electron chi connectivity index (χ0n) is 15.6. The van der Waals surface area contributed by atoms with Crippen molar-refractivity contribution in [3.8, 4) is 5.75 Å². The summed E-state index contributed by atoms with van der Waals surface area (Å²) in [6, 6.07) is 7.17. The summed E-state index contributed by atoms with van der Waals surface area (Å²) in [5.74, 6) is -0.632. The van der Waals surface area contributed by atoms with E-state index in [4.69, 9.17) is 14.2 Å². The van der Waals surface area contributed by atoms with Crippen molar-refractivity contribution in [2.45, 2.75) is 38.8 Å². The molecule has 0 amide bonds. The normalized spacial score (nSPS) is 27.2. The highest BCUT2D eigenvalue weighted by Gasteiger charge is 2.58. The third-order valence-corrected chi connectivity index (χ3v) is 5.36. The molecule has 2 aliphatic rings. The first-order chi connectivity index (χ1) is 12.6. The molecule has 0 N–H and O–H groups in total. The van der Waals surface area contributed by atoms with Crippen molar-refractivity contribution in [1.29, 1.82) is 0 Å². The first kappa shape index (κ1) is 18.7. The Hall–Kier alpha value is -2.08. The number of likely N-dealkylation sites (tertiary alicyclic amines) is 1. The molecule has 0 radical (unpaired) electrons. The number of carbonyl (C=O) groups is 2. The Kier molecular flexibility index (Phi) is 5.81. The largest absolute Gasteiger partial charge is 0.493 e. The quantitative estimate of drug-likeness (QED) is 0.726. The molecule has 1 aromatic carbocycles. The molecule has 1 saturated heterocycles. The number of unbranched alkanes of at least 4 members (excludes halogenated alkanes) is 1. The number of carbonyl (C=O) groups excluding carboxylic acids is 2. The Morgan fingerprint density at radius 1 is 1.23 bits per heavy atom. The summed E-state index contributed by atoms with van der Waals surface area (Å²) in [7, 11) is 1.37. The van der Waals surface area contributed by atoms with Crippen LogP contribution in [0.2, 0.25) is 0 Å². The molecule has 6 nitrogen and oxygen atoms in total. The van der Waals surface area contributed by atoms with Gasteiger partial charge in [-0.2, -0.15) is 0 Å². The third kappa shape index (κ3) is 3.18. The van der Waals surface area contributed by atoms with Crippen LogP contribution in [0.3, 0.4) is 0 Å². The highest BCUT2D eigenvalue weighted by molar-refractivity contribution is 5.86. The van der Waals surface area contributed by atoms with Gasteiger partial charge in [0.25, 0.3) is 0 Å². The highest BCUT2D eigenvalue weighted by atomic mass is 16.5. The highest BCUT2D eigenvalue weighted by Crippen LogP contribution is 2.50. The molecule has 3 rings (SSSR count). The lowest BCUT2D eigenvalue weighted by molar-refractivity contribution is -0.158. The van der Waals surface area contributed by atoms with Crippen molar-refractivity contribution >= 4 is 11.9 Å². The predicted octanol–water partition coefficient (Wildman–Crippen LogP) is 2.57. The second kappa shape index (κ2) is 8.08. The van der Waals surface area contributed by atoms with Gasteiger partial charge >= 0.3 is 11.9 Å². The van der Waals surface area contributed by atoms with Gasteiger partial charge in [-0.05, 0) is 26.0 Å². The molecule has 2 heterocycles. The molecule has 2 aliphatic heterocycles. The van der Waals surface area contributed by atoms with Crippen LogP contribution >= 0.6 is 0 Å². The first-order valence-corrected chi connectivity index (χ1v) is 9.35. The van der Waals surface area contributed by atoms with Crippen molar-refractivity contribution in [3.05, 3.63) is 29.8 Å². The number of benzene rings is 1. The molecule has 4 atom stereocenters. The molecule has 1 aromatic rings. The van der Waals surface area contributed by atoms with E-state index in [9.17, 15) is 9.59 Å². The molecule has 0 bridgehead atoms. The van der Waals surface area contributed by atoms with Gasteiger partial charge in [0.15, 0.2) is 0 Å². The fourth-order valence-corrected chi connectivity index (χ4v) is 4.27. The summed E-state index contributed by atoms with van der Waals surface area (Å²) in [6.45, 7) is 5.29. The van der Waals surface area contributed by atoms with Crippen molar-refractivity contribution in [3.63, 3.8) is 0 Å².